The second-order valence-electron chi connectivity index (χ2n) is 6.32. The van der Waals surface area contributed by atoms with Gasteiger partial charge in [-0.2, -0.15) is 0 Å². The van der Waals surface area contributed by atoms with Crippen molar-refractivity contribution < 1.29 is 5.11 Å². The normalized spacial score (nSPS) is 13.9. The van der Waals surface area contributed by atoms with Gasteiger partial charge in [0.05, 0.1) is 6.10 Å². The molecule has 0 aromatic heterocycles. The standard InChI is InChI=1S/C19H36O/c1-5-7-9-11-12-14-16-18(19(20)17(3)4)15-13-10-8-6-2/h17-20H,5-12,14,16H2,1-4H3/t18-,19-/m1/s1. The first-order chi connectivity index (χ1) is 9.63. The van der Waals surface area contributed by atoms with E-state index in [1.165, 1.54) is 51.4 Å². The van der Waals surface area contributed by atoms with Gasteiger partial charge in [-0.1, -0.05) is 78.6 Å². The van der Waals surface area contributed by atoms with E-state index in [-0.39, 0.29) is 12.0 Å². The molecule has 0 saturated heterocycles. The van der Waals surface area contributed by atoms with Gasteiger partial charge >= 0.3 is 0 Å². The lowest BCUT2D eigenvalue weighted by molar-refractivity contribution is 0.0831. The van der Waals surface area contributed by atoms with Crippen molar-refractivity contribution in [2.45, 2.75) is 98.0 Å². The van der Waals surface area contributed by atoms with Gasteiger partial charge in [0.2, 0.25) is 0 Å². The molecule has 2 atom stereocenters. The Morgan fingerprint density at radius 3 is 2.05 bits per heavy atom. The highest BCUT2D eigenvalue weighted by molar-refractivity contribution is 5.06. The van der Waals surface area contributed by atoms with Gasteiger partial charge in [-0.05, 0) is 18.8 Å². The summed E-state index contributed by atoms with van der Waals surface area (Å²) in [5.74, 6) is 7.10. The summed E-state index contributed by atoms with van der Waals surface area (Å²) in [7, 11) is 0. The lowest BCUT2D eigenvalue weighted by Gasteiger charge is -2.21. The number of rotatable bonds is 11. The zero-order chi connectivity index (χ0) is 15.2. The van der Waals surface area contributed by atoms with E-state index in [1.807, 2.05) is 0 Å². The second-order valence-corrected chi connectivity index (χ2v) is 6.32. The largest absolute Gasteiger partial charge is 0.392 e. The third-order valence-electron chi connectivity index (χ3n) is 3.91. The molecule has 0 radical (unpaired) electrons. The molecule has 1 N–H and O–H groups in total. The Labute approximate surface area is 127 Å². The Bertz CT molecular complexity index is 259. The van der Waals surface area contributed by atoms with Gasteiger partial charge in [-0.25, -0.2) is 0 Å². The number of unbranched alkanes of at least 4 members (excludes halogenated alkanes) is 7. The molecule has 0 aliphatic rings. The molecule has 0 rings (SSSR count). The summed E-state index contributed by atoms with van der Waals surface area (Å²) < 4.78 is 0. The van der Waals surface area contributed by atoms with E-state index in [9.17, 15) is 5.11 Å². The molecule has 1 nitrogen and oxygen atoms in total. The molecular formula is C19H36O. The van der Waals surface area contributed by atoms with E-state index in [2.05, 4.69) is 39.5 Å². The van der Waals surface area contributed by atoms with Crippen molar-refractivity contribution in [3.63, 3.8) is 0 Å². The Morgan fingerprint density at radius 1 is 0.850 bits per heavy atom. The molecule has 118 valence electrons. The highest BCUT2D eigenvalue weighted by Crippen LogP contribution is 2.20. The predicted octanol–water partition coefficient (Wildman–Crippen LogP) is 5.56. The van der Waals surface area contributed by atoms with E-state index in [0.29, 0.717) is 5.92 Å². The van der Waals surface area contributed by atoms with Gasteiger partial charge in [0.25, 0.3) is 0 Å². The molecule has 20 heavy (non-hydrogen) atoms. The lowest BCUT2D eigenvalue weighted by atomic mass is 9.89. The fraction of sp³-hybridized carbons (Fsp3) is 0.895. The lowest BCUT2D eigenvalue weighted by Crippen LogP contribution is -2.25. The van der Waals surface area contributed by atoms with Crippen LogP contribution in [0.15, 0.2) is 0 Å². The van der Waals surface area contributed by atoms with E-state index in [0.717, 1.165) is 12.8 Å². The third kappa shape index (κ3) is 10.3. The van der Waals surface area contributed by atoms with Crippen LogP contribution >= 0.6 is 0 Å². The second kappa shape index (κ2) is 13.5. The van der Waals surface area contributed by atoms with Gasteiger partial charge in [0, 0.05) is 12.3 Å². The topological polar surface area (TPSA) is 20.2 Å². The average molecular weight is 280 g/mol. The first-order valence-electron chi connectivity index (χ1n) is 8.79. The van der Waals surface area contributed by atoms with Gasteiger partial charge in [0.15, 0.2) is 0 Å². The maximum absolute atomic E-state index is 10.3. The van der Waals surface area contributed by atoms with Crippen molar-refractivity contribution in [3.8, 4) is 11.8 Å². The SMILES string of the molecule is CCCCC#C[C@H](CCCCCCCC)[C@H](O)C(C)C. The zero-order valence-electron chi connectivity index (χ0n) is 14.3. The summed E-state index contributed by atoms with van der Waals surface area (Å²) in [4.78, 5) is 0. The smallest absolute Gasteiger partial charge is 0.0700 e. The van der Waals surface area contributed by atoms with E-state index in [1.54, 1.807) is 0 Å². The molecule has 0 saturated carbocycles. The summed E-state index contributed by atoms with van der Waals surface area (Å²) in [6.07, 6.45) is 12.0. The summed E-state index contributed by atoms with van der Waals surface area (Å²) in [5.41, 5.74) is 0. The van der Waals surface area contributed by atoms with Crippen molar-refractivity contribution in [3.05, 3.63) is 0 Å². The van der Waals surface area contributed by atoms with Crippen LogP contribution in [0.25, 0.3) is 0 Å². The summed E-state index contributed by atoms with van der Waals surface area (Å²) >= 11 is 0. The number of hydrogen-bond acceptors (Lipinski definition) is 1. The summed E-state index contributed by atoms with van der Waals surface area (Å²) in [6.45, 7) is 8.62. The number of aliphatic hydroxyl groups excluding tert-OH is 1. The Kier molecular flexibility index (Phi) is 13.2. The minimum atomic E-state index is -0.264. The molecule has 0 spiro atoms. The van der Waals surface area contributed by atoms with Crippen LogP contribution in [-0.2, 0) is 0 Å². The zero-order valence-corrected chi connectivity index (χ0v) is 14.3. The fourth-order valence-corrected chi connectivity index (χ4v) is 2.41. The maximum Gasteiger partial charge on any atom is 0.0700 e. The molecule has 0 amide bonds. The quantitative estimate of drug-likeness (QED) is 0.388. The average Bonchev–Trinajstić information content (AvgIpc) is 2.44. The van der Waals surface area contributed by atoms with Crippen molar-refractivity contribution >= 4 is 0 Å². The molecule has 0 aromatic carbocycles. The van der Waals surface area contributed by atoms with E-state index in [4.69, 9.17) is 0 Å². The van der Waals surface area contributed by atoms with Crippen LogP contribution in [0.1, 0.15) is 91.9 Å². The van der Waals surface area contributed by atoms with Crippen LogP contribution in [0.2, 0.25) is 0 Å². The minimum Gasteiger partial charge on any atom is -0.392 e. The van der Waals surface area contributed by atoms with Gasteiger partial charge in [0.1, 0.15) is 0 Å². The maximum atomic E-state index is 10.3. The molecule has 0 unspecified atom stereocenters. The molecule has 0 heterocycles. The molecule has 0 aliphatic heterocycles. The van der Waals surface area contributed by atoms with Gasteiger partial charge in [-0.15, -0.1) is 5.92 Å². The first-order valence-corrected chi connectivity index (χ1v) is 8.79. The molecule has 1 heteroatoms. The summed E-state index contributed by atoms with van der Waals surface area (Å²) in [6, 6.07) is 0. The van der Waals surface area contributed by atoms with Gasteiger partial charge in [-0.3, -0.25) is 0 Å². The van der Waals surface area contributed by atoms with Crippen molar-refractivity contribution in [1.82, 2.24) is 0 Å². The summed E-state index contributed by atoms with van der Waals surface area (Å²) in [5, 5.41) is 10.3. The number of aliphatic hydroxyl groups is 1. The molecule has 0 aromatic rings. The Hall–Kier alpha value is -0.480. The van der Waals surface area contributed by atoms with Gasteiger partial charge < -0.3 is 5.11 Å². The van der Waals surface area contributed by atoms with Crippen molar-refractivity contribution in [2.75, 3.05) is 0 Å². The van der Waals surface area contributed by atoms with Crippen LogP contribution in [0.4, 0.5) is 0 Å². The van der Waals surface area contributed by atoms with Crippen molar-refractivity contribution in [1.29, 1.82) is 0 Å². The van der Waals surface area contributed by atoms with Crippen LogP contribution in [0.5, 0.6) is 0 Å². The van der Waals surface area contributed by atoms with E-state index >= 15 is 0 Å². The van der Waals surface area contributed by atoms with Crippen molar-refractivity contribution in [2.24, 2.45) is 11.8 Å². The Morgan fingerprint density at radius 2 is 1.45 bits per heavy atom. The van der Waals surface area contributed by atoms with Crippen LogP contribution < -0.4 is 0 Å². The van der Waals surface area contributed by atoms with Crippen LogP contribution in [0, 0.1) is 23.7 Å². The van der Waals surface area contributed by atoms with Crippen LogP contribution in [-0.4, -0.2) is 11.2 Å². The highest BCUT2D eigenvalue weighted by atomic mass is 16.3. The molecule has 0 bridgehead atoms. The first kappa shape index (κ1) is 19.5. The Balaban J connectivity index is 4.07. The third-order valence-corrected chi connectivity index (χ3v) is 3.91. The predicted molar refractivity (Wildman–Crippen MR) is 89.6 cm³/mol. The molecular weight excluding hydrogens is 244 g/mol. The molecule has 0 aliphatic carbocycles. The van der Waals surface area contributed by atoms with E-state index < -0.39 is 0 Å². The highest BCUT2D eigenvalue weighted by Gasteiger charge is 2.19. The number of hydrogen-bond donors (Lipinski definition) is 1. The minimum absolute atomic E-state index is 0.179. The molecule has 0 fully saturated rings. The monoisotopic (exact) mass is 280 g/mol. The fourth-order valence-electron chi connectivity index (χ4n) is 2.41. The van der Waals surface area contributed by atoms with Crippen LogP contribution in [0.3, 0.4) is 0 Å².